The molecule has 5 nitrogen and oxygen atoms in total. The number of amides is 1. The number of carbonyl (C=O) groups is 1. The maximum Gasteiger partial charge on any atom is 0.255 e. The highest BCUT2D eigenvalue weighted by molar-refractivity contribution is 6.04. The fourth-order valence-electron chi connectivity index (χ4n) is 2.27. The Hall–Kier alpha value is -3.05. The van der Waals surface area contributed by atoms with Crippen LogP contribution in [0, 0.1) is 6.92 Å². The highest BCUT2D eigenvalue weighted by Gasteiger charge is 2.07. The Morgan fingerprint density at radius 3 is 2.54 bits per heavy atom. The summed E-state index contributed by atoms with van der Waals surface area (Å²) in [5.41, 5.74) is 10.3. The third-order valence-corrected chi connectivity index (χ3v) is 3.64. The molecule has 0 saturated carbocycles. The summed E-state index contributed by atoms with van der Waals surface area (Å²) in [5, 5.41) is 2.90. The van der Waals surface area contributed by atoms with Gasteiger partial charge < -0.3 is 11.1 Å². The van der Waals surface area contributed by atoms with Crippen molar-refractivity contribution in [2.75, 3.05) is 5.32 Å². The summed E-state index contributed by atoms with van der Waals surface area (Å²) in [7, 11) is 0. The molecule has 0 aliphatic heterocycles. The Balaban J connectivity index is 1.79. The van der Waals surface area contributed by atoms with Crippen LogP contribution in [0.15, 0.2) is 60.9 Å². The molecule has 0 aliphatic rings. The van der Waals surface area contributed by atoms with Crippen molar-refractivity contribution in [3.05, 3.63) is 77.7 Å². The Bertz CT molecular complexity index is 842. The predicted molar refractivity (Wildman–Crippen MR) is 94.5 cm³/mol. The summed E-state index contributed by atoms with van der Waals surface area (Å²) in [5.74, 6) is -0.142. The van der Waals surface area contributed by atoms with Gasteiger partial charge in [0.25, 0.3) is 5.91 Å². The summed E-state index contributed by atoms with van der Waals surface area (Å²) in [6, 6.07) is 15.0. The van der Waals surface area contributed by atoms with Gasteiger partial charge in [-0.15, -0.1) is 0 Å². The molecule has 0 unspecified atom stereocenters. The molecule has 1 aromatic heterocycles. The van der Waals surface area contributed by atoms with Crippen LogP contribution in [0.25, 0.3) is 11.3 Å². The van der Waals surface area contributed by atoms with Crippen molar-refractivity contribution in [1.29, 1.82) is 0 Å². The summed E-state index contributed by atoms with van der Waals surface area (Å²) >= 11 is 0. The molecule has 0 bridgehead atoms. The Morgan fingerprint density at radius 1 is 1.08 bits per heavy atom. The van der Waals surface area contributed by atoms with Crippen molar-refractivity contribution in [3.8, 4) is 11.3 Å². The van der Waals surface area contributed by atoms with Gasteiger partial charge in [0.1, 0.15) is 0 Å². The van der Waals surface area contributed by atoms with Gasteiger partial charge in [-0.25, -0.2) is 0 Å². The van der Waals surface area contributed by atoms with E-state index in [1.807, 2.05) is 55.5 Å². The SMILES string of the molecule is Cc1ccc(C(=O)Nc2cccc(-c3cnc(CN)cn3)c2)cc1. The summed E-state index contributed by atoms with van der Waals surface area (Å²) in [6.07, 6.45) is 3.34. The molecule has 0 fully saturated rings. The molecule has 3 rings (SSSR count). The van der Waals surface area contributed by atoms with Gasteiger partial charge in [0.2, 0.25) is 0 Å². The average molecular weight is 318 g/mol. The van der Waals surface area contributed by atoms with Crippen LogP contribution in [0.5, 0.6) is 0 Å². The normalized spacial score (nSPS) is 10.4. The van der Waals surface area contributed by atoms with E-state index in [0.29, 0.717) is 17.8 Å². The minimum absolute atomic E-state index is 0.142. The minimum Gasteiger partial charge on any atom is -0.325 e. The van der Waals surface area contributed by atoms with Crippen molar-refractivity contribution in [2.45, 2.75) is 13.5 Å². The van der Waals surface area contributed by atoms with Gasteiger partial charge in [-0.2, -0.15) is 0 Å². The lowest BCUT2D eigenvalue weighted by atomic mass is 10.1. The molecule has 120 valence electrons. The van der Waals surface area contributed by atoms with Crippen LogP contribution in [-0.4, -0.2) is 15.9 Å². The number of benzene rings is 2. The van der Waals surface area contributed by atoms with E-state index >= 15 is 0 Å². The fourth-order valence-corrected chi connectivity index (χ4v) is 2.27. The summed E-state index contributed by atoms with van der Waals surface area (Å²) < 4.78 is 0. The number of anilines is 1. The summed E-state index contributed by atoms with van der Waals surface area (Å²) in [6.45, 7) is 2.35. The topological polar surface area (TPSA) is 80.9 Å². The van der Waals surface area contributed by atoms with Gasteiger partial charge in [-0.05, 0) is 31.2 Å². The van der Waals surface area contributed by atoms with Crippen LogP contribution in [0.1, 0.15) is 21.6 Å². The van der Waals surface area contributed by atoms with Crippen LogP contribution in [0.4, 0.5) is 5.69 Å². The van der Waals surface area contributed by atoms with Gasteiger partial charge in [-0.1, -0.05) is 29.8 Å². The first-order valence-corrected chi connectivity index (χ1v) is 7.65. The minimum atomic E-state index is -0.142. The third-order valence-electron chi connectivity index (χ3n) is 3.64. The molecule has 2 aromatic carbocycles. The highest BCUT2D eigenvalue weighted by Crippen LogP contribution is 2.20. The summed E-state index contributed by atoms with van der Waals surface area (Å²) in [4.78, 5) is 20.9. The molecule has 3 aromatic rings. The zero-order valence-electron chi connectivity index (χ0n) is 13.4. The van der Waals surface area contributed by atoms with Crippen molar-refractivity contribution < 1.29 is 4.79 Å². The van der Waals surface area contributed by atoms with E-state index in [-0.39, 0.29) is 5.91 Å². The Labute approximate surface area is 140 Å². The molecule has 24 heavy (non-hydrogen) atoms. The number of nitrogens with zero attached hydrogens (tertiary/aromatic N) is 2. The van der Waals surface area contributed by atoms with E-state index in [4.69, 9.17) is 5.73 Å². The zero-order valence-corrected chi connectivity index (χ0v) is 13.4. The molecule has 1 heterocycles. The molecule has 0 atom stereocenters. The molecule has 5 heteroatoms. The van der Waals surface area contributed by atoms with Gasteiger partial charge in [-0.3, -0.25) is 14.8 Å². The van der Waals surface area contributed by atoms with E-state index in [1.54, 1.807) is 12.4 Å². The van der Waals surface area contributed by atoms with Crippen LogP contribution in [0.2, 0.25) is 0 Å². The highest BCUT2D eigenvalue weighted by atomic mass is 16.1. The fraction of sp³-hybridized carbons (Fsp3) is 0.105. The number of nitrogens with two attached hydrogens (primary N) is 1. The average Bonchev–Trinajstić information content (AvgIpc) is 2.62. The van der Waals surface area contributed by atoms with E-state index < -0.39 is 0 Å². The van der Waals surface area contributed by atoms with Crippen LogP contribution >= 0.6 is 0 Å². The molecule has 0 spiro atoms. The molecular weight excluding hydrogens is 300 g/mol. The molecule has 0 saturated heterocycles. The molecular formula is C19H18N4O. The third kappa shape index (κ3) is 3.64. The lowest BCUT2D eigenvalue weighted by molar-refractivity contribution is 0.102. The monoisotopic (exact) mass is 318 g/mol. The van der Waals surface area contributed by atoms with Crippen molar-refractivity contribution >= 4 is 11.6 Å². The quantitative estimate of drug-likeness (QED) is 0.774. The van der Waals surface area contributed by atoms with Crippen molar-refractivity contribution in [1.82, 2.24) is 9.97 Å². The lowest BCUT2D eigenvalue weighted by Gasteiger charge is -2.08. The number of nitrogens with one attached hydrogen (secondary N) is 1. The van der Waals surface area contributed by atoms with E-state index in [9.17, 15) is 4.79 Å². The van der Waals surface area contributed by atoms with Crippen LogP contribution in [0.3, 0.4) is 0 Å². The van der Waals surface area contributed by atoms with Gasteiger partial charge in [0, 0.05) is 23.4 Å². The molecule has 0 radical (unpaired) electrons. The van der Waals surface area contributed by atoms with Gasteiger partial charge >= 0.3 is 0 Å². The number of aromatic nitrogens is 2. The van der Waals surface area contributed by atoms with E-state index in [2.05, 4.69) is 15.3 Å². The Kier molecular flexibility index (Phi) is 4.63. The largest absolute Gasteiger partial charge is 0.325 e. The molecule has 1 amide bonds. The zero-order chi connectivity index (χ0) is 16.9. The second kappa shape index (κ2) is 7.02. The molecule has 3 N–H and O–H groups in total. The maximum absolute atomic E-state index is 12.3. The second-order valence-electron chi connectivity index (χ2n) is 5.50. The van der Waals surface area contributed by atoms with Crippen LogP contribution < -0.4 is 11.1 Å². The first kappa shape index (κ1) is 15.8. The maximum atomic E-state index is 12.3. The standard InChI is InChI=1S/C19H18N4O/c1-13-5-7-14(8-6-13)19(24)23-16-4-2-3-15(9-16)18-12-21-17(10-20)11-22-18/h2-9,11-12H,10,20H2,1H3,(H,23,24). The van der Waals surface area contributed by atoms with Gasteiger partial charge in [0.15, 0.2) is 0 Å². The lowest BCUT2D eigenvalue weighted by Crippen LogP contribution is -2.11. The van der Waals surface area contributed by atoms with Crippen molar-refractivity contribution in [2.24, 2.45) is 5.73 Å². The molecule has 0 aliphatic carbocycles. The second-order valence-corrected chi connectivity index (χ2v) is 5.50. The number of aryl methyl sites for hydroxylation is 1. The van der Waals surface area contributed by atoms with E-state index in [1.165, 1.54) is 0 Å². The smallest absolute Gasteiger partial charge is 0.255 e. The number of hydrogen-bond donors (Lipinski definition) is 2. The van der Waals surface area contributed by atoms with Gasteiger partial charge in [0.05, 0.1) is 23.8 Å². The van der Waals surface area contributed by atoms with Crippen molar-refractivity contribution in [3.63, 3.8) is 0 Å². The number of rotatable bonds is 4. The van der Waals surface area contributed by atoms with Crippen LogP contribution in [-0.2, 0) is 6.54 Å². The van der Waals surface area contributed by atoms with E-state index in [0.717, 1.165) is 22.5 Å². The first-order chi connectivity index (χ1) is 11.7. The predicted octanol–water partition coefficient (Wildman–Crippen LogP) is 3.16. The first-order valence-electron chi connectivity index (χ1n) is 7.65. The Morgan fingerprint density at radius 2 is 1.88 bits per heavy atom. The number of hydrogen-bond acceptors (Lipinski definition) is 4. The number of carbonyl (C=O) groups excluding carboxylic acids is 1.